The summed E-state index contributed by atoms with van der Waals surface area (Å²) in [7, 11) is 0. The molecule has 2 aliphatic heterocycles. The number of fused-ring (bicyclic) bond motifs is 3. The summed E-state index contributed by atoms with van der Waals surface area (Å²) in [5.74, 6) is 0.466. The van der Waals surface area contributed by atoms with Crippen LogP contribution in [0.1, 0.15) is 38.6 Å². The molecule has 1 aromatic carbocycles. The van der Waals surface area contributed by atoms with Crippen LogP contribution in [0.25, 0.3) is 22.3 Å². The number of rotatable bonds is 5. The van der Waals surface area contributed by atoms with Gasteiger partial charge in [0.15, 0.2) is 11.6 Å². The van der Waals surface area contributed by atoms with Gasteiger partial charge in [-0.25, -0.2) is 28.7 Å². The third kappa shape index (κ3) is 4.55. The monoisotopic (exact) mass is 504 g/mol. The van der Waals surface area contributed by atoms with Crippen molar-refractivity contribution < 1.29 is 8.78 Å². The summed E-state index contributed by atoms with van der Waals surface area (Å²) in [6.07, 6.45) is 4.63. The Morgan fingerprint density at radius 2 is 1.97 bits per heavy atom. The van der Waals surface area contributed by atoms with Crippen LogP contribution in [0, 0.1) is 11.6 Å². The molecule has 1 atom stereocenters. The van der Waals surface area contributed by atoms with Gasteiger partial charge in [-0.1, -0.05) is 6.07 Å². The van der Waals surface area contributed by atoms with Gasteiger partial charge >= 0.3 is 0 Å². The molecule has 2 N–H and O–H groups in total. The Labute approximate surface area is 214 Å². The number of benzene rings is 1. The fourth-order valence-electron chi connectivity index (χ4n) is 5.44. The summed E-state index contributed by atoms with van der Waals surface area (Å²) < 4.78 is 32.0. The van der Waals surface area contributed by atoms with Gasteiger partial charge in [0.2, 0.25) is 5.95 Å². The number of aromatic nitrogens is 5. The Bertz CT molecular complexity index is 1460. The number of hydrogen-bond acceptors (Lipinski definition) is 7. The van der Waals surface area contributed by atoms with Crippen LogP contribution < -0.4 is 10.6 Å². The summed E-state index contributed by atoms with van der Waals surface area (Å²) in [6, 6.07) is 7.40. The van der Waals surface area contributed by atoms with Crippen LogP contribution in [0.3, 0.4) is 0 Å². The first-order chi connectivity index (χ1) is 17.8. The summed E-state index contributed by atoms with van der Waals surface area (Å²) in [4.78, 5) is 19.8. The minimum absolute atomic E-state index is 0.0223. The molecule has 4 aromatic rings. The van der Waals surface area contributed by atoms with Gasteiger partial charge in [-0.2, -0.15) is 0 Å². The average molecular weight is 505 g/mol. The highest BCUT2D eigenvalue weighted by molar-refractivity contribution is 5.83. The number of anilines is 2. The van der Waals surface area contributed by atoms with Crippen LogP contribution in [-0.4, -0.2) is 55.1 Å². The van der Waals surface area contributed by atoms with Crippen LogP contribution in [0.2, 0.25) is 0 Å². The fourth-order valence-corrected chi connectivity index (χ4v) is 5.44. The van der Waals surface area contributed by atoms with E-state index in [-0.39, 0.29) is 17.2 Å². The Hall–Kier alpha value is -3.50. The highest BCUT2D eigenvalue weighted by atomic mass is 19.1. The molecule has 0 radical (unpaired) electrons. The van der Waals surface area contributed by atoms with Crippen LogP contribution in [0.15, 0.2) is 36.7 Å². The molecule has 0 aliphatic carbocycles. The molecule has 1 fully saturated rings. The van der Waals surface area contributed by atoms with Crippen molar-refractivity contribution in [2.24, 2.45) is 0 Å². The van der Waals surface area contributed by atoms with Gasteiger partial charge in [-0.05, 0) is 51.0 Å². The highest BCUT2D eigenvalue weighted by Gasteiger charge is 2.33. The van der Waals surface area contributed by atoms with Crippen LogP contribution >= 0.6 is 0 Å². The summed E-state index contributed by atoms with van der Waals surface area (Å²) >= 11 is 0. The molecule has 37 heavy (non-hydrogen) atoms. The van der Waals surface area contributed by atoms with Crippen molar-refractivity contribution in [3.63, 3.8) is 0 Å². The van der Waals surface area contributed by atoms with Crippen molar-refractivity contribution in [1.82, 2.24) is 34.7 Å². The second-order valence-corrected chi connectivity index (χ2v) is 10.7. The first-order valence-corrected chi connectivity index (χ1v) is 12.7. The zero-order valence-electron chi connectivity index (χ0n) is 21.2. The van der Waals surface area contributed by atoms with Gasteiger partial charge in [0, 0.05) is 55.9 Å². The first-order valence-electron chi connectivity index (χ1n) is 12.7. The summed E-state index contributed by atoms with van der Waals surface area (Å²) in [6.45, 7) is 10.2. The van der Waals surface area contributed by atoms with Crippen molar-refractivity contribution in [2.75, 3.05) is 25.0 Å². The van der Waals surface area contributed by atoms with Gasteiger partial charge in [0.1, 0.15) is 22.9 Å². The second kappa shape index (κ2) is 9.11. The van der Waals surface area contributed by atoms with Crippen molar-refractivity contribution >= 4 is 22.8 Å². The number of nitrogens with zero attached hydrogens (tertiary/aromatic N) is 6. The molecule has 10 heteroatoms. The third-order valence-electron chi connectivity index (χ3n) is 7.29. The minimum atomic E-state index is -0.627. The van der Waals surface area contributed by atoms with Gasteiger partial charge in [-0.15, -0.1) is 0 Å². The van der Waals surface area contributed by atoms with Gasteiger partial charge < -0.3 is 15.2 Å². The van der Waals surface area contributed by atoms with E-state index in [1.54, 1.807) is 6.07 Å². The maximum Gasteiger partial charge on any atom is 0.229 e. The number of imidazole rings is 1. The van der Waals surface area contributed by atoms with Gasteiger partial charge in [-0.3, -0.25) is 4.90 Å². The lowest BCUT2D eigenvalue weighted by Gasteiger charge is -2.31. The molecule has 6 rings (SSSR count). The number of hydrogen-bond donors (Lipinski definition) is 2. The Morgan fingerprint density at radius 3 is 2.76 bits per heavy atom. The topological polar surface area (TPSA) is 83.8 Å². The van der Waals surface area contributed by atoms with E-state index < -0.39 is 11.6 Å². The number of nitrogens with one attached hydrogen (secondary N) is 2. The molecule has 0 amide bonds. The molecule has 0 spiro atoms. The lowest BCUT2D eigenvalue weighted by Crippen LogP contribution is -2.48. The van der Waals surface area contributed by atoms with Crippen molar-refractivity contribution in [2.45, 2.75) is 51.7 Å². The predicted octanol–water partition coefficient (Wildman–Crippen LogP) is 4.39. The Morgan fingerprint density at radius 1 is 1.11 bits per heavy atom. The standard InChI is InChI=1S/C27H30F2N8/c1-16-14-36(9-8-30-16)15-17-4-5-22(31-12-17)33-26-32-13-20(29)24(35-26)18-10-19(28)25-21(11-18)37-23(34-25)6-7-27(37,2)3/h4-5,10-13,16,30H,6-9,14-15H2,1-3H3,(H,31,32,33,35)/t16-/m0/s1. The van der Waals surface area contributed by atoms with E-state index in [1.165, 1.54) is 6.07 Å². The van der Waals surface area contributed by atoms with E-state index in [0.29, 0.717) is 28.5 Å². The lowest BCUT2D eigenvalue weighted by molar-refractivity contribution is 0.199. The van der Waals surface area contributed by atoms with Crippen LogP contribution in [-0.2, 0) is 18.5 Å². The third-order valence-corrected chi connectivity index (χ3v) is 7.29. The van der Waals surface area contributed by atoms with E-state index in [4.69, 9.17) is 0 Å². The maximum atomic E-state index is 15.1. The molecule has 5 heterocycles. The molecule has 192 valence electrons. The zero-order chi connectivity index (χ0) is 25.7. The normalized spacial score (nSPS) is 19.3. The molecule has 2 aliphatic rings. The number of pyridine rings is 1. The molecular formula is C27H30F2N8. The number of halogens is 2. The fraction of sp³-hybridized carbons (Fsp3) is 0.407. The first kappa shape index (κ1) is 23.9. The molecule has 0 saturated carbocycles. The van der Waals surface area contributed by atoms with Crippen molar-refractivity contribution in [3.05, 3.63) is 59.7 Å². The largest absolute Gasteiger partial charge is 0.322 e. The van der Waals surface area contributed by atoms with E-state index >= 15 is 4.39 Å². The second-order valence-electron chi connectivity index (χ2n) is 10.7. The molecule has 8 nitrogen and oxygen atoms in total. The lowest BCUT2D eigenvalue weighted by atomic mass is 10.0. The van der Waals surface area contributed by atoms with E-state index in [9.17, 15) is 4.39 Å². The van der Waals surface area contributed by atoms with Crippen molar-refractivity contribution in [3.8, 4) is 11.3 Å². The van der Waals surface area contributed by atoms with E-state index in [1.807, 2.05) is 18.3 Å². The predicted molar refractivity (Wildman–Crippen MR) is 139 cm³/mol. The van der Waals surface area contributed by atoms with E-state index in [2.05, 4.69) is 60.8 Å². The van der Waals surface area contributed by atoms with Crippen molar-refractivity contribution in [1.29, 1.82) is 0 Å². The summed E-state index contributed by atoms with van der Waals surface area (Å²) in [5.41, 5.74) is 2.24. The van der Waals surface area contributed by atoms with E-state index in [0.717, 1.165) is 56.6 Å². The molecule has 3 aromatic heterocycles. The minimum Gasteiger partial charge on any atom is -0.322 e. The average Bonchev–Trinajstić information content (AvgIpc) is 3.39. The quantitative estimate of drug-likeness (QED) is 0.417. The molecular weight excluding hydrogens is 474 g/mol. The maximum absolute atomic E-state index is 15.1. The van der Waals surface area contributed by atoms with Gasteiger partial charge in [0.05, 0.1) is 11.7 Å². The number of piperazine rings is 1. The molecule has 0 unspecified atom stereocenters. The zero-order valence-corrected chi connectivity index (χ0v) is 21.2. The molecule has 0 bridgehead atoms. The smallest absolute Gasteiger partial charge is 0.229 e. The Kier molecular flexibility index (Phi) is 5.88. The highest BCUT2D eigenvalue weighted by Crippen LogP contribution is 2.38. The molecule has 1 saturated heterocycles. The van der Waals surface area contributed by atoms with Crippen LogP contribution in [0.4, 0.5) is 20.5 Å². The van der Waals surface area contributed by atoms with Crippen LogP contribution in [0.5, 0.6) is 0 Å². The Balaban J connectivity index is 1.25. The SMILES string of the molecule is C[C@H]1CN(Cc2ccc(Nc3ncc(F)c(-c4cc(F)c5nc6n(c5c4)C(C)(C)CC6)n3)nc2)CCN1. The number of aryl methyl sites for hydroxylation is 1. The summed E-state index contributed by atoms with van der Waals surface area (Å²) in [5, 5.41) is 6.49. The van der Waals surface area contributed by atoms with Gasteiger partial charge in [0.25, 0.3) is 0 Å².